The Morgan fingerprint density at radius 3 is 1.40 bits per heavy atom. The van der Waals surface area contributed by atoms with Gasteiger partial charge >= 0.3 is 54.6 Å². The average molecular weight is 412 g/mol. The molecule has 0 radical (unpaired) electrons. The third-order valence-corrected chi connectivity index (χ3v) is 2.97. The third kappa shape index (κ3) is 6.77. The van der Waals surface area contributed by atoms with Gasteiger partial charge in [-0.1, -0.05) is 0 Å². The molecule has 1 aromatic carbocycles. The zero-order valence-electron chi connectivity index (χ0n) is 11.9. The number of benzene rings is 1. The van der Waals surface area contributed by atoms with Crippen molar-refractivity contribution in [3.05, 3.63) is 18.2 Å². The smallest absolute Gasteiger partial charge is 0.744 e. The van der Waals surface area contributed by atoms with Crippen LogP contribution in [0.1, 0.15) is 0 Å². The van der Waals surface area contributed by atoms with E-state index in [-0.39, 0.29) is 47.8 Å². The second kappa shape index (κ2) is 8.24. The molecule has 0 unspecified atom stereocenters. The summed E-state index contributed by atoms with van der Waals surface area (Å²) in [6.07, 6.45) is -19.2. The van der Waals surface area contributed by atoms with E-state index in [0.29, 0.717) is 0 Å². The van der Waals surface area contributed by atoms with E-state index < -0.39 is 51.6 Å². The minimum Gasteiger partial charge on any atom is -0.744 e. The predicted molar refractivity (Wildman–Crippen MR) is 57.6 cm³/mol. The summed E-state index contributed by atoms with van der Waals surface area (Å²) in [5.74, 6) is -3.01. The van der Waals surface area contributed by atoms with Crippen LogP contribution in [0.4, 0.5) is 35.1 Å². The summed E-state index contributed by atoms with van der Waals surface area (Å²) in [6, 6.07) is 0.0132. The molecule has 0 aromatic heterocycles. The van der Waals surface area contributed by atoms with Crippen molar-refractivity contribution in [1.82, 2.24) is 0 Å². The molecule has 0 fully saturated rings. The molecule has 15 heteroatoms. The standard InChI is InChI=1S/C10H6F8O5S.Na/c11-7(12)9(15,16)22-4-1-5(23-10(17,18)8(13)14)3-6(2-4)24(19,20)21;/h1-3,7-8H,(H,19,20,21);/q;+1/p-1. The third-order valence-electron chi connectivity index (χ3n) is 2.16. The van der Waals surface area contributed by atoms with Crippen molar-refractivity contribution in [2.75, 3.05) is 0 Å². The van der Waals surface area contributed by atoms with Crippen LogP contribution in [-0.2, 0) is 10.1 Å². The van der Waals surface area contributed by atoms with E-state index in [1.807, 2.05) is 0 Å². The molecule has 1 rings (SSSR count). The number of hydrogen-bond donors (Lipinski definition) is 0. The van der Waals surface area contributed by atoms with Gasteiger partial charge in [-0.25, -0.2) is 8.42 Å². The number of rotatable bonds is 7. The Bertz CT molecular complexity index is 656. The fourth-order valence-corrected chi connectivity index (χ4v) is 1.73. The Kier molecular flexibility index (Phi) is 7.97. The summed E-state index contributed by atoms with van der Waals surface area (Å²) in [4.78, 5) is -1.51. The Balaban J connectivity index is 0.00000576. The molecule has 0 spiro atoms. The van der Waals surface area contributed by atoms with Crippen LogP contribution in [0, 0.1) is 0 Å². The van der Waals surface area contributed by atoms with Crippen LogP contribution in [0.15, 0.2) is 23.1 Å². The zero-order chi connectivity index (χ0) is 18.9. The normalized spacial score (nSPS) is 12.9. The summed E-state index contributed by atoms with van der Waals surface area (Å²) in [5.41, 5.74) is 0. The quantitative estimate of drug-likeness (QED) is 0.360. The van der Waals surface area contributed by atoms with E-state index in [2.05, 4.69) is 9.47 Å². The summed E-state index contributed by atoms with van der Waals surface area (Å²) >= 11 is 0. The SMILES string of the molecule is O=S(=O)([O-])c1cc(OC(F)(F)C(F)F)cc(OC(F)(F)C(F)F)c1.[Na+]. The predicted octanol–water partition coefficient (Wildman–Crippen LogP) is 0.0681. The summed E-state index contributed by atoms with van der Waals surface area (Å²) in [7, 11) is -5.47. The zero-order valence-corrected chi connectivity index (χ0v) is 14.7. The number of alkyl halides is 8. The van der Waals surface area contributed by atoms with Crippen molar-refractivity contribution in [2.45, 2.75) is 30.0 Å². The first-order valence-electron chi connectivity index (χ1n) is 5.46. The molecule has 1 aromatic rings. The maximum atomic E-state index is 12.7. The molecule has 138 valence electrons. The monoisotopic (exact) mass is 412 g/mol. The van der Waals surface area contributed by atoms with Crippen LogP contribution in [0.3, 0.4) is 0 Å². The van der Waals surface area contributed by atoms with E-state index in [9.17, 15) is 48.1 Å². The van der Waals surface area contributed by atoms with E-state index >= 15 is 0 Å². The first-order valence-corrected chi connectivity index (χ1v) is 6.87. The van der Waals surface area contributed by atoms with Gasteiger partial charge in [0.25, 0.3) is 0 Å². The van der Waals surface area contributed by atoms with E-state index in [1.54, 1.807) is 0 Å². The van der Waals surface area contributed by atoms with Gasteiger partial charge in [-0.3, -0.25) is 0 Å². The van der Waals surface area contributed by atoms with Gasteiger partial charge in [0.2, 0.25) is 0 Å². The minimum absolute atomic E-state index is 0. The fourth-order valence-electron chi connectivity index (χ4n) is 1.21. The summed E-state index contributed by atoms with van der Waals surface area (Å²) in [6.45, 7) is 0. The molecular weight excluding hydrogens is 407 g/mol. The molecule has 25 heavy (non-hydrogen) atoms. The maximum Gasteiger partial charge on any atom is 1.00 e. The van der Waals surface area contributed by atoms with Crippen LogP contribution in [0.2, 0.25) is 0 Å². The minimum atomic E-state index is -5.47. The van der Waals surface area contributed by atoms with Crippen molar-refractivity contribution in [3.63, 3.8) is 0 Å². The Morgan fingerprint density at radius 2 is 1.16 bits per heavy atom. The van der Waals surface area contributed by atoms with Crippen molar-refractivity contribution in [3.8, 4) is 11.5 Å². The van der Waals surface area contributed by atoms with Crippen LogP contribution < -0.4 is 39.0 Å². The summed E-state index contributed by atoms with van der Waals surface area (Å²) in [5, 5.41) is 0. The van der Waals surface area contributed by atoms with Crippen molar-refractivity contribution >= 4 is 10.1 Å². The molecule has 0 N–H and O–H groups in total. The molecule has 0 aliphatic heterocycles. The van der Waals surface area contributed by atoms with Crippen molar-refractivity contribution in [2.24, 2.45) is 0 Å². The summed E-state index contributed by atoms with van der Waals surface area (Å²) < 4.78 is 138. The van der Waals surface area contributed by atoms with E-state index in [0.717, 1.165) is 0 Å². The van der Waals surface area contributed by atoms with Crippen LogP contribution in [0.5, 0.6) is 11.5 Å². The van der Waals surface area contributed by atoms with Crippen LogP contribution >= 0.6 is 0 Å². The first kappa shape index (κ1) is 24.2. The Labute approximate surface area is 156 Å². The molecule has 5 nitrogen and oxygen atoms in total. The number of hydrogen-bond acceptors (Lipinski definition) is 5. The van der Waals surface area contributed by atoms with Crippen molar-refractivity contribution < 1.29 is 87.1 Å². The fraction of sp³-hybridized carbons (Fsp3) is 0.400. The van der Waals surface area contributed by atoms with Gasteiger partial charge in [-0.15, -0.1) is 0 Å². The average Bonchev–Trinajstić information content (AvgIpc) is 2.35. The van der Waals surface area contributed by atoms with Gasteiger partial charge < -0.3 is 14.0 Å². The molecule has 0 aliphatic carbocycles. The second-order valence-electron chi connectivity index (χ2n) is 4.02. The van der Waals surface area contributed by atoms with E-state index in [4.69, 9.17) is 0 Å². The molecule has 0 aliphatic rings. The Morgan fingerprint density at radius 1 is 0.840 bits per heavy atom. The van der Waals surface area contributed by atoms with Gasteiger partial charge in [0.1, 0.15) is 21.6 Å². The molecular formula is C10H5F8NaO5S. The molecule has 0 amide bonds. The van der Waals surface area contributed by atoms with Gasteiger partial charge in [-0.2, -0.15) is 35.1 Å². The maximum absolute atomic E-state index is 12.7. The molecule has 0 saturated heterocycles. The molecule has 0 heterocycles. The van der Waals surface area contributed by atoms with Gasteiger partial charge in [0.05, 0.1) is 4.90 Å². The molecule has 0 saturated carbocycles. The number of halogens is 8. The molecule has 0 atom stereocenters. The van der Waals surface area contributed by atoms with Crippen LogP contribution in [0.25, 0.3) is 0 Å². The second-order valence-corrected chi connectivity index (χ2v) is 5.40. The Hall–Kier alpha value is -0.830. The van der Waals surface area contributed by atoms with Crippen LogP contribution in [-0.4, -0.2) is 38.0 Å². The van der Waals surface area contributed by atoms with Crippen molar-refractivity contribution in [1.29, 1.82) is 0 Å². The largest absolute Gasteiger partial charge is 1.00 e. The molecule has 0 bridgehead atoms. The van der Waals surface area contributed by atoms with Gasteiger partial charge in [0, 0.05) is 6.07 Å². The number of ether oxygens (including phenoxy) is 2. The topological polar surface area (TPSA) is 75.7 Å². The van der Waals surface area contributed by atoms with Gasteiger partial charge in [0.15, 0.2) is 0 Å². The van der Waals surface area contributed by atoms with Gasteiger partial charge in [-0.05, 0) is 12.1 Å². The first-order chi connectivity index (χ1) is 10.6. The van der Waals surface area contributed by atoms with E-state index in [1.165, 1.54) is 0 Å².